The van der Waals surface area contributed by atoms with Crippen molar-refractivity contribution in [1.82, 2.24) is 10.2 Å². The van der Waals surface area contributed by atoms with Crippen LogP contribution in [0.25, 0.3) is 0 Å². The molecule has 0 saturated carbocycles. The van der Waals surface area contributed by atoms with Gasteiger partial charge < -0.3 is 15.5 Å². The van der Waals surface area contributed by atoms with E-state index in [2.05, 4.69) is 10.2 Å². The van der Waals surface area contributed by atoms with E-state index in [-0.39, 0.29) is 12.6 Å². The van der Waals surface area contributed by atoms with Crippen LogP contribution in [-0.2, 0) is 0 Å². The van der Waals surface area contributed by atoms with Crippen LogP contribution in [0.2, 0.25) is 0 Å². The molecule has 1 heterocycles. The molecule has 2 rings (SSSR count). The zero-order chi connectivity index (χ0) is 15.5. The van der Waals surface area contributed by atoms with Crippen LogP contribution < -0.4 is 5.32 Å². The molecule has 0 aliphatic carbocycles. The van der Waals surface area contributed by atoms with Gasteiger partial charge in [-0.15, -0.1) is 0 Å². The Bertz CT molecular complexity index is 496. The molecule has 21 heavy (non-hydrogen) atoms. The summed E-state index contributed by atoms with van der Waals surface area (Å²) in [5, 5.41) is 22.6. The van der Waals surface area contributed by atoms with Crippen molar-refractivity contribution in [2.24, 2.45) is 5.41 Å². The first-order valence-corrected chi connectivity index (χ1v) is 7.35. The first kappa shape index (κ1) is 15.9. The van der Waals surface area contributed by atoms with Crippen molar-refractivity contribution in [3.8, 4) is 0 Å². The van der Waals surface area contributed by atoms with E-state index < -0.39 is 11.4 Å². The summed E-state index contributed by atoms with van der Waals surface area (Å²) in [6.07, 6.45) is 0. The molecule has 1 saturated heterocycles. The smallest absolute Gasteiger partial charge is 0.336 e. The molecular weight excluding hydrogens is 268 g/mol. The highest BCUT2D eigenvalue weighted by atomic mass is 16.4. The maximum absolute atomic E-state index is 11.5. The van der Waals surface area contributed by atoms with Crippen molar-refractivity contribution in [3.63, 3.8) is 0 Å². The number of carboxylic acid groups (broad SMARTS) is 1. The van der Waals surface area contributed by atoms with Crippen molar-refractivity contribution < 1.29 is 15.0 Å². The summed E-state index contributed by atoms with van der Waals surface area (Å²) in [7, 11) is 0. The Balaban J connectivity index is 2.47. The van der Waals surface area contributed by atoms with Gasteiger partial charge in [0.05, 0.1) is 5.56 Å². The monoisotopic (exact) mass is 292 g/mol. The molecule has 1 atom stereocenters. The van der Waals surface area contributed by atoms with E-state index in [0.29, 0.717) is 5.56 Å². The van der Waals surface area contributed by atoms with Crippen LogP contribution in [0.5, 0.6) is 0 Å². The minimum Gasteiger partial charge on any atom is -0.478 e. The van der Waals surface area contributed by atoms with Crippen molar-refractivity contribution >= 4 is 5.97 Å². The summed E-state index contributed by atoms with van der Waals surface area (Å²) < 4.78 is 0. The third kappa shape index (κ3) is 3.43. The van der Waals surface area contributed by atoms with Gasteiger partial charge in [-0.3, -0.25) is 4.90 Å². The molecule has 5 nitrogen and oxygen atoms in total. The molecular formula is C16H24N2O3. The zero-order valence-electron chi connectivity index (χ0n) is 12.7. The number of nitrogens with zero attached hydrogens (tertiary/aromatic N) is 1. The lowest BCUT2D eigenvalue weighted by Gasteiger charge is -2.44. The molecule has 1 aromatic rings. The number of carboxylic acids is 1. The van der Waals surface area contributed by atoms with Crippen LogP contribution in [0.3, 0.4) is 0 Å². The second kappa shape index (κ2) is 6.56. The van der Waals surface area contributed by atoms with E-state index in [9.17, 15) is 15.0 Å². The fourth-order valence-electron chi connectivity index (χ4n) is 3.07. The minimum atomic E-state index is -0.917. The van der Waals surface area contributed by atoms with Gasteiger partial charge >= 0.3 is 5.97 Å². The molecule has 0 bridgehead atoms. The molecule has 1 aliphatic rings. The second-order valence-electron chi connectivity index (χ2n) is 6.23. The summed E-state index contributed by atoms with van der Waals surface area (Å²) in [5.74, 6) is -0.917. The Morgan fingerprint density at radius 2 is 1.95 bits per heavy atom. The first-order valence-electron chi connectivity index (χ1n) is 7.35. The highest BCUT2D eigenvalue weighted by molar-refractivity contribution is 5.89. The lowest BCUT2D eigenvalue weighted by molar-refractivity contribution is 0.0294. The number of aliphatic hydroxyl groups is 1. The van der Waals surface area contributed by atoms with Gasteiger partial charge in [-0.25, -0.2) is 4.79 Å². The van der Waals surface area contributed by atoms with E-state index in [1.54, 1.807) is 12.1 Å². The molecule has 3 N–H and O–H groups in total. The van der Waals surface area contributed by atoms with Crippen LogP contribution in [0.4, 0.5) is 0 Å². The Kier molecular flexibility index (Phi) is 4.98. The summed E-state index contributed by atoms with van der Waals surface area (Å²) in [6.45, 7) is 7.44. The second-order valence-corrected chi connectivity index (χ2v) is 6.23. The number of aromatic carboxylic acids is 1. The molecule has 0 amide bonds. The third-order valence-electron chi connectivity index (χ3n) is 4.15. The van der Waals surface area contributed by atoms with Crippen molar-refractivity contribution in [1.29, 1.82) is 0 Å². The van der Waals surface area contributed by atoms with Crippen molar-refractivity contribution in [2.75, 3.05) is 32.8 Å². The van der Waals surface area contributed by atoms with Crippen LogP contribution in [0.15, 0.2) is 24.3 Å². The van der Waals surface area contributed by atoms with Crippen molar-refractivity contribution in [3.05, 3.63) is 35.4 Å². The summed E-state index contributed by atoms with van der Waals surface area (Å²) in [6, 6.07) is 7.00. The maximum Gasteiger partial charge on any atom is 0.336 e. The lowest BCUT2D eigenvalue weighted by atomic mass is 9.78. The molecule has 0 spiro atoms. The molecule has 116 valence electrons. The topological polar surface area (TPSA) is 72.8 Å². The fourth-order valence-corrected chi connectivity index (χ4v) is 3.07. The van der Waals surface area contributed by atoms with Gasteiger partial charge in [-0.1, -0.05) is 32.0 Å². The van der Waals surface area contributed by atoms with Crippen LogP contribution >= 0.6 is 0 Å². The Morgan fingerprint density at radius 3 is 2.52 bits per heavy atom. The van der Waals surface area contributed by atoms with E-state index in [1.807, 2.05) is 26.0 Å². The quantitative estimate of drug-likeness (QED) is 0.764. The lowest BCUT2D eigenvalue weighted by Crippen LogP contribution is -2.49. The van der Waals surface area contributed by atoms with Gasteiger partial charge in [0.1, 0.15) is 0 Å². The van der Waals surface area contributed by atoms with Gasteiger partial charge in [0.15, 0.2) is 0 Å². The molecule has 1 aliphatic heterocycles. The highest BCUT2D eigenvalue weighted by Crippen LogP contribution is 2.39. The maximum atomic E-state index is 11.5. The fraction of sp³-hybridized carbons (Fsp3) is 0.562. The van der Waals surface area contributed by atoms with E-state index >= 15 is 0 Å². The summed E-state index contributed by atoms with van der Waals surface area (Å²) >= 11 is 0. The minimum absolute atomic E-state index is 0.00947. The molecule has 5 heteroatoms. The predicted octanol–water partition coefficient (Wildman–Crippen LogP) is 1.35. The Hall–Kier alpha value is -1.43. The highest BCUT2D eigenvalue weighted by Gasteiger charge is 2.37. The normalized spacial score (nSPS) is 18.4. The summed E-state index contributed by atoms with van der Waals surface area (Å²) in [5.41, 5.74) is 0.691. The molecule has 1 fully saturated rings. The molecule has 0 aromatic heterocycles. The van der Waals surface area contributed by atoms with E-state index in [4.69, 9.17) is 0 Å². The van der Waals surface area contributed by atoms with Gasteiger partial charge in [0.25, 0.3) is 0 Å². The number of benzene rings is 1. The van der Waals surface area contributed by atoms with Gasteiger partial charge in [0, 0.05) is 44.2 Å². The SMILES string of the molecule is CC(C)(CO)[C@H](c1ccccc1C(=O)O)N1CCNCC1. The van der Waals surface area contributed by atoms with Gasteiger partial charge in [-0.2, -0.15) is 0 Å². The molecule has 0 unspecified atom stereocenters. The number of rotatable bonds is 5. The average molecular weight is 292 g/mol. The van der Waals surface area contributed by atoms with Gasteiger partial charge in [0.2, 0.25) is 0 Å². The van der Waals surface area contributed by atoms with E-state index in [1.165, 1.54) is 0 Å². The number of piperazine rings is 1. The zero-order valence-corrected chi connectivity index (χ0v) is 12.7. The van der Waals surface area contributed by atoms with Gasteiger partial charge in [-0.05, 0) is 11.6 Å². The van der Waals surface area contributed by atoms with Crippen LogP contribution in [0.1, 0.15) is 35.8 Å². The number of nitrogens with one attached hydrogen (secondary N) is 1. The summed E-state index contributed by atoms with van der Waals surface area (Å²) in [4.78, 5) is 13.8. The average Bonchev–Trinajstić information content (AvgIpc) is 2.48. The Labute approximate surface area is 125 Å². The number of hydrogen-bond acceptors (Lipinski definition) is 4. The third-order valence-corrected chi connectivity index (χ3v) is 4.15. The number of hydrogen-bond donors (Lipinski definition) is 3. The predicted molar refractivity (Wildman–Crippen MR) is 81.5 cm³/mol. The number of aliphatic hydroxyl groups excluding tert-OH is 1. The largest absolute Gasteiger partial charge is 0.478 e. The van der Waals surface area contributed by atoms with Crippen LogP contribution in [0, 0.1) is 5.41 Å². The molecule has 0 radical (unpaired) electrons. The number of carbonyl (C=O) groups is 1. The van der Waals surface area contributed by atoms with Crippen LogP contribution in [-0.4, -0.2) is 53.9 Å². The molecule has 1 aromatic carbocycles. The van der Waals surface area contributed by atoms with Crippen molar-refractivity contribution in [2.45, 2.75) is 19.9 Å². The van der Waals surface area contributed by atoms with E-state index in [0.717, 1.165) is 31.7 Å². The Morgan fingerprint density at radius 1 is 1.33 bits per heavy atom. The first-order chi connectivity index (χ1) is 9.97. The standard InChI is InChI=1S/C16H24N2O3/c1-16(2,11-19)14(18-9-7-17-8-10-18)12-5-3-4-6-13(12)15(20)21/h3-6,14,17,19H,7-11H2,1-2H3,(H,20,21)/t14-/m0/s1.